The molecule has 0 spiro atoms. The molecule has 3 aromatic rings. The van der Waals surface area contributed by atoms with E-state index in [-0.39, 0.29) is 33.1 Å². The minimum atomic E-state index is -4.02. The van der Waals surface area contributed by atoms with Crippen LogP contribution < -0.4 is 14.2 Å². The SMILES string of the molecule is COc1ccc(C(=O)c2ncc(Cl)cc2NS(=O)(=O)c2ccc(OC(C)C)cc2)nc1. The lowest BCUT2D eigenvalue weighted by Gasteiger charge is -2.13. The molecule has 1 N–H and O–H groups in total. The van der Waals surface area contributed by atoms with Crippen LogP contribution in [0.25, 0.3) is 0 Å². The monoisotopic (exact) mass is 461 g/mol. The maximum absolute atomic E-state index is 12.9. The summed E-state index contributed by atoms with van der Waals surface area (Å²) in [5.41, 5.74) is -0.116. The van der Waals surface area contributed by atoms with Crippen molar-refractivity contribution < 1.29 is 22.7 Å². The Morgan fingerprint density at radius 3 is 2.29 bits per heavy atom. The average molecular weight is 462 g/mol. The van der Waals surface area contributed by atoms with Gasteiger partial charge in [0.1, 0.15) is 22.9 Å². The third kappa shape index (κ3) is 5.50. The van der Waals surface area contributed by atoms with Crippen LogP contribution in [0.4, 0.5) is 5.69 Å². The Kier molecular flexibility index (Phi) is 6.77. The zero-order valence-electron chi connectivity index (χ0n) is 17.0. The summed E-state index contributed by atoms with van der Waals surface area (Å²) in [7, 11) is -2.54. The van der Waals surface area contributed by atoms with Crippen LogP contribution in [0, 0.1) is 0 Å². The van der Waals surface area contributed by atoms with Gasteiger partial charge in [0.05, 0.1) is 35.0 Å². The predicted octanol–water partition coefficient (Wildman–Crippen LogP) is 3.96. The number of sulfonamides is 1. The number of hydrogen-bond acceptors (Lipinski definition) is 7. The molecule has 0 saturated heterocycles. The first-order chi connectivity index (χ1) is 14.7. The summed E-state index contributed by atoms with van der Waals surface area (Å²) in [6, 6.07) is 10.3. The fraction of sp³-hybridized carbons (Fsp3) is 0.190. The van der Waals surface area contributed by atoms with Crippen molar-refractivity contribution in [1.82, 2.24) is 9.97 Å². The number of rotatable bonds is 8. The number of pyridine rings is 2. The first-order valence-corrected chi connectivity index (χ1v) is 11.1. The van der Waals surface area contributed by atoms with Crippen LogP contribution in [0.5, 0.6) is 11.5 Å². The fourth-order valence-electron chi connectivity index (χ4n) is 2.63. The smallest absolute Gasteiger partial charge is 0.261 e. The molecular formula is C21H20ClN3O5S. The van der Waals surface area contributed by atoms with E-state index in [9.17, 15) is 13.2 Å². The molecule has 0 aliphatic rings. The summed E-state index contributed by atoms with van der Waals surface area (Å²) < 4.78 is 38.7. The van der Waals surface area contributed by atoms with Crippen molar-refractivity contribution in [2.24, 2.45) is 0 Å². The molecule has 0 atom stereocenters. The molecule has 8 nitrogen and oxygen atoms in total. The highest BCUT2D eigenvalue weighted by molar-refractivity contribution is 7.92. The topological polar surface area (TPSA) is 107 Å². The van der Waals surface area contributed by atoms with Gasteiger partial charge in [-0.25, -0.2) is 18.4 Å². The van der Waals surface area contributed by atoms with Crippen molar-refractivity contribution in [1.29, 1.82) is 0 Å². The van der Waals surface area contributed by atoms with Crippen molar-refractivity contribution in [2.45, 2.75) is 24.8 Å². The van der Waals surface area contributed by atoms with Gasteiger partial charge in [0, 0.05) is 6.20 Å². The molecule has 3 rings (SSSR count). The summed E-state index contributed by atoms with van der Waals surface area (Å²) >= 11 is 5.99. The number of aromatic nitrogens is 2. The number of ether oxygens (including phenoxy) is 2. The van der Waals surface area contributed by atoms with Crippen molar-refractivity contribution in [3.8, 4) is 11.5 Å². The Morgan fingerprint density at radius 1 is 1.03 bits per heavy atom. The third-order valence-corrected chi connectivity index (χ3v) is 5.61. The molecule has 0 saturated carbocycles. The van der Waals surface area contributed by atoms with E-state index >= 15 is 0 Å². The molecule has 2 aromatic heterocycles. The molecule has 0 amide bonds. The normalized spacial score (nSPS) is 11.3. The van der Waals surface area contributed by atoms with Crippen LogP contribution >= 0.6 is 11.6 Å². The maximum Gasteiger partial charge on any atom is 0.261 e. The minimum absolute atomic E-state index is 0.00967. The number of ketones is 1. The molecule has 0 aliphatic carbocycles. The lowest BCUT2D eigenvalue weighted by Crippen LogP contribution is -2.17. The van der Waals surface area contributed by atoms with E-state index in [0.717, 1.165) is 0 Å². The zero-order valence-corrected chi connectivity index (χ0v) is 18.6. The second-order valence-corrected chi connectivity index (χ2v) is 8.82. The Hall–Kier alpha value is -3.17. The van der Waals surface area contributed by atoms with E-state index in [2.05, 4.69) is 14.7 Å². The van der Waals surface area contributed by atoms with Crippen LogP contribution in [0.2, 0.25) is 5.02 Å². The van der Waals surface area contributed by atoms with E-state index in [1.165, 1.54) is 43.8 Å². The number of halogens is 1. The van der Waals surface area contributed by atoms with Crippen molar-refractivity contribution >= 4 is 33.1 Å². The number of nitrogens with one attached hydrogen (secondary N) is 1. The Balaban J connectivity index is 1.91. The quantitative estimate of drug-likeness (QED) is 0.506. The van der Waals surface area contributed by atoms with Gasteiger partial charge in [0.25, 0.3) is 10.0 Å². The molecule has 0 radical (unpaired) electrons. The number of methoxy groups -OCH3 is 1. The maximum atomic E-state index is 12.9. The van der Waals surface area contributed by atoms with Gasteiger partial charge in [-0.2, -0.15) is 0 Å². The second-order valence-electron chi connectivity index (χ2n) is 6.71. The second kappa shape index (κ2) is 9.32. The van der Waals surface area contributed by atoms with Gasteiger partial charge in [-0.15, -0.1) is 0 Å². The highest BCUT2D eigenvalue weighted by Crippen LogP contribution is 2.25. The zero-order chi connectivity index (χ0) is 22.6. The number of carbonyl (C=O) groups is 1. The van der Waals surface area contributed by atoms with Crippen molar-refractivity contribution in [3.05, 3.63) is 71.3 Å². The van der Waals surface area contributed by atoms with E-state index < -0.39 is 15.8 Å². The van der Waals surface area contributed by atoms with Crippen molar-refractivity contribution in [3.63, 3.8) is 0 Å². The minimum Gasteiger partial charge on any atom is -0.495 e. The number of carbonyl (C=O) groups excluding carboxylic acids is 1. The molecular weight excluding hydrogens is 442 g/mol. The summed E-state index contributed by atoms with van der Waals surface area (Å²) in [6.07, 6.45) is 2.60. The van der Waals surface area contributed by atoms with Gasteiger partial charge in [0.15, 0.2) is 0 Å². The first kappa shape index (κ1) is 22.5. The number of anilines is 1. The molecule has 10 heteroatoms. The van der Waals surface area contributed by atoms with E-state index in [1.54, 1.807) is 18.2 Å². The fourth-order valence-corrected chi connectivity index (χ4v) is 3.84. The van der Waals surface area contributed by atoms with E-state index in [0.29, 0.717) is 11.5 Å². The summed E-state index contributed by atoms with van der Waals surface area (Å²) in [5.74, 6) is 0.448. The Morgan fingerprint density at radius 2 is 1.71 bits per heavy atom. The lowest BCUT2D eigenvalue weighted by atomic mass is 10.1. The van der Waals surface area contributed by atoms with E-state index in [1.807, 2.05) is 13.8 Å². The van der Waals surface area contributed by atoms with Crippen molar-refractivity contribution in [2.75, 3.05) is 11.8 Å². The Bertz CT molecular complexity index is 1180. The van der Waals surface area contributed by atoms with Crippen LogP contribution in [0.1, 0.15) is 30.0 Å². The molecule has 0 aliphatic heterocycles. The van der Waals surface area contributed by atoms with Crippen LogP contribution in [-0.2, 0) is 10.0 Å². The highest BCUT2D eigenvalue weighted by Gasteiger charge is 2.22. The van der Waals surface area contributed by atoms with Gasteiger partial charge in [-0.1, -0.05) is 11.6 Å². The Labute approximate surface area is 185 Å². The molecule has 2 heterocycles. The molecule has 0 unspecified atom stereocenters. The molecule has 0 fully saturated rings. The highest BCUT2D eigenvalue weighted by atomic mass is 35.5. The summed E-state index contributed by atoms with van der Waals surface area (Å²) in [4.78, 5) is 20.9. The van der Waals surface area contributed by atoms with Gasteiger partial charge < -0.3 is 9.47 Å². The average Bonchev–Trinajstić information content (AvgIpc) is 2.73. The first-order valence-electron chi connectivity index (χ1n) is 9.19. The summed E-state index contributed by atoms with van der Waals surface area (Å²) in [5, 5.41) is 0.164. The molecule has 31 heavy (non-hydrogen) atoms. The molecule has 1 aromatic carbocycles. The lowest BCUT2D eigenvalue weighted by molar-refractivity contribution is 0.103. The molecule has 0 bridgehead atoms. The van der Waals surface area contributed by atoms with Gasteiger partial charge in [-0.05, 0) is 56.3 Å². The largest absolute Gasteiger partial charge is 0.495 e. The van der Waals surface area contributed by atoms with Crippen LogP contribution in [0.15, 0.2) is 59.8 Å². The van der Waals surface area contributed by atoms with Crippen LogP contribution in [-0.4, -0.2) is 37.4 Å². The number of hydrogen-bond donors (Lipinski definition) is 1. The van der Waals surface area contributed by atoms with Crippen LogP contribution in [0.3, 0.4) is 0 Å². The third-order valence-electron chi connectivity index (χ3n) is 4.02. The van der Waals surface area contributed by atoms with E-state index in [4.69, 9.17) is 21.1 Å². The predicted molar refractivity (Wildman–Crippen MR) is 116 cm³/mol. The number of benzene rings is 1. The molecule has 162 valence electrons. The summed E-state index contributed by atoms with van der Waals surface area (Å²) in [6.45, 7) is 3.74. The van der Waals surface area contributed by atoms with Gasteiger partial charge in [-0.3, -0.25) is 9.52 Å². The van der Waals surface area contributed by atoms with Gasteiger partial charge >= 0.3 is 0 Å². The van der Waals surface area contributed by atoms with Gasteiger partial charge in [0.2, 0.25) is 5.78 Å². The number of nitrogens with zero attached hydrogens (tertiary/aromatic N) is 2. The standard InChI is InChI=1S/C21H20ClN3O5S/c1-13(2)30-15-4-7-17(8-5-15)31(27,28)25-19-10-14(22)11-24-20(19)21(26)18-9-6-16(29-3)12-23-18/h4-13,25H,1-3H3.